The summed E-state index contributed by atoms with van der Waals surface area (Å²) in [5.74, 6) is 0. The SMILES string of the molecule is Cc1ccc(CCCCCNC2CC2)c(C)c1. The number of benzene rings is 1. The predicted octanol–water partition coefficient (Wildman–Crippen LogP) is 3.77. The smallest absolute Gasteiger partial charge is 0.00682 e. The van der Waals surface area contributed by atoms with E-state index in [2.05, 4.69) is 37.4 Å². The van der Waals surface area contributed by atoms with Crippen LogP contribution in [0.25, 0.3) is 0 Å². The summed E-state index contributed by atoms with van der Waals surface area (Å²) >= 11 is 0. The maximum Gasteiger partial charge on any atom is 0.00682 e. The number of rotatable bonds is 7. The molecule has 1 aromatic rings. The number of aryl methyl sites for hydroxylation is 3. The van der Waals surface area contributed by atoms with E-state index >= 15 is 0 Å². The molecule has 1 N–H and O–H groups in total. The lowest BCUT2D eigenvalue weighted by atomic mass is 10.0. The summed E-state index contributed by atoms with van der Waals surface area (Å²) in [6.07, 6.45) is 8.07. The largest absolute Gasteiger partial charge is 0.314 e. The minimum absolute atomic E-state index is 0.870. The second-order valence-corrected chi connectivity index (χ2v) is 5.47. The molecule has 0 radical (unpaired) electrons. The van der Waals surface area contributed by atoms with Gasteiger partial charge in [0.2, 0.25) is 0 Å². The quantitative estimate of drug-likeness (QED) is 0.704. The van der Waals surface area contributed by atoms with Gasteiger partial charge in [0.25, 0.3) is 0 Å². The minimum atomic E-state index is 0.870. The first-order valence-electron chi connectivity index (χ1n) is 7.05. The van der Waals surface area contributed by atoms with Gasteiger partial charge in [-0.25, -0.2) is 0 Å². The highest BCUT2D eigenvalue weighted by Gasteiger charge is 2.19. The zero-order valence-corrected chi connectivity index (χ0v) is 11.3. The van der Waals surface area contributed by atoms with Gasteiger partial charge < -0.3 is 5.32 Å². The lowest BCUT2D eigenvalue weighted by Gasteiger charge is -2.07. The molecule has 1 aliphatic carbocycles. The van der Waals surface area contributed by atoms with Crippen molar-refractivity contribution in [3.8, 4) is 0 Å². The average Bonchev–Trinajstić information content (AvgIpc) is 3.09. The summed E-state index contributed by atoms with van der Waals surface area (Å²) in [4.78, 5) is 0. The Labute approximate surface area is 106 Å². The highest BCUT2D eigenvalue weighted by Crippen LogP contribution is 2.18. The normalized spacial score (nSPS) is 15.2. The number of hydrogen-bond donors (Lipinski definition) is 1. The molecular weight excluding hydrogens is 206 g/mol. The van der Waals surface area contributed by atoms with Crippen molar-refractivity contribution in [2.45, 2.75) is 58.4 Å². The molecule has 0 aliphatic heterocycles. The van der Waals surface area contributed by atoms with Crippen LogP contribution in [0.1, 0.15) is 48.8 Å². The molecule has 0 atom stereocenters. The van der Waals surface area contributed by atoms with E-state index in [0.717, 1.165) is 6.04 Å². The zero-order chi connectivity index (χ0) is 12.1. The van der Waals surface area contributed by atoms with Gasteiger partial charge in [-0.2, -0.15) is 0 Å². The van der Waals surface area contributed by atoms with Gasteiger partial charge in [0.15, 0.2) is 0 Å². The molecular formula is C16H25N. The number of nitrogens with one attached hydrogen (secondary N) is 1. The molecule has 1 fully saturated rings. The molecule has 0 amide bonds. The Bertz CT molecular complexity index is 353. The van der Waals surface area contributed by atoms with E-state index in [-0.39, 0.29) is 0 Å². The van der Waals surface area contributed by atoms with E-state index in [4.69, 9.17) is 0 Å². The Morgan fingerprint density at radius 2 is 1.94 bits per heavy atom. The second-order valence-electron chi connectivity index (χ2n) is 5.47. The van der Waals surface area contributed by atoms with Crippen LogP contribution in [0.5, 0.6) is 0 Å². The summed E-state index contributed by atoms with van der Waals surface area (Å²) in [7, 11) is 0. The van der Waals surface area contributed by atoms with Crippen molar-refractivity contribution in [2.75, 3.05) is 6.54 Å². The van der Waals surface area contributed by atoms with E-state index in [1.54, 1.807) is 0 Å². The third-order valence-electron chi connectivity index (χ3n) is 3.63. The fourth-order valence-electron chi connectivity index (χ4n) is 2.34. The molecule has 1 nitrogen and oxygen atoms in total. The average molecular weight is 231 g/mol. The van der Waals surface area contributed by atoms with Crippen LogP contribution in [0.3, 0.4) is 0 Å². The number of unbranched alkanes of at least 4 members (excludes halogenated alkanes) is 2. The first-order valence-corrected chi connectivity index (χ1v) is 7.05. The molecule has 94 valence electrons. The second kappa shape index (κ2) is 6.20. The molecule has 1 heteroatoms. The van der Waals surface area contributed by atoms with Crippen molar-refractivity contribution in [2.24, 2.45) is 0 Å². The predicted molar refractivity (Wildman–Crippen MR) is 74.5 cm³/mol. The fourth-order valence-corrected chi connectivity index (χ4v) is 2.34. The molecule has 0 heterocycles. The molecule has 2 rings (SSSR count). The molecule has 0 spiro atoms. The van der Waals surface area contributed by atoms with E-state index < -0.39 is 0 Å². The van der Waals surface area contributed by atoms with Crippen LogP contribution in [0.4, 0.5) is 0 Å². The highest BCUT2D eigenvalue weighted by molar-refractivity contribution is 5.30. The Kier molecular flexibility index (Phi) is 4.61. The standard InChI is InChI=1S/C16H25N/c1-13-7-8-15(14(2)12-13)6-4-3-5-11-17-16-9-10-16/h7-8,12,16-17H,3-6,9-11H2,1-2H3. The van der Waals surface area contributed by atoms with Gasteiger partial charge in [-0.05, 0) is 63.6 Å². The summed E-state index contributed by atoms with van der Waals surface area (Å²) in [5.41, 5.74) is 4.37. The van der Waals surface area contributed by atoms with Gasteiger partial charge in [0.1, 0.15) is 0 Å². The maximum absolute atomic E-state index is 3.57. The van der Waals surface area contributed by atoms with Crippen molar-refractivity contribution in [3.63, 3.8) is 0 Å². The molecule has 17 heavy (non-hydrogen) atoms. The molecule has 0 bridgehead atoms. The van der Waals surface area contributed by atoms with Crippen LogP contribution < -0.4 is 5.32 Å². The third-order valence-corrected chi connectivity index (χ3v) is 3.63. The van der Waals surface area contributed by atoms with Gasteiger partial charge in [-0.15, -0.1) is 0 Å². The van der Waals surface area contributed by atoms with Crippen LogP contribution in [-0.4, -0.2) is 12.6 Å². The van der Waals surface area contributed by atoms with Gasteiger partial charge in [-0.1, -0.05) is 30.2 Å². The van der Waals surface area contributed by atoms with Crippen molar-refractivity contribution >= 4 is 0 Å². The van der Waals surface area contributed by atoms with Crippen LogP contribution >= 0.6 is 0 Å². The molecule has 1 aliphatic rings. The summed E-state index contributed by atoms with van der Waals surface area (Å²) in [6, 6.07) is 7.70. The minimum Gasteiger partial charge on any atom is -0.314 e. The highest BCUT2D eigenvalue weighted by atomic mass is 14.9. The van der Waals surface area contributed by atoms with Crippen LogP contribution in [-0.2, 0) is 6.42 Å². The van der Waals surface area contributed by atoms with Crippen LogP contribution in [0.2, 0.25) is 0 Å². The Hall–Kier alpha value is -0.820. The van der Waals surface area contributed by atoms with Crippen LogP contribution in [0, 0.1) is 13.8 Å². The summed E-state index contributed by atoms with van der Waals surface area (Å²) in [5, 5.41) is 3.57. The van der Waals surface area contributed by atoms with Crippen molar-refractivity contribution < 1.29 is 0 Å². The first kappa shape index (κ1) is 12.6. The van der Waals surface area contributed by atoms with Crippen molar-refractivity contribution in [1.82, 2.24) is 5.32 Å². The van der Waals surface area contributed by atoms with Gasteiger partial charge in [-0.3, -0.25) is 0 Å². The maximum atomic E-state index is 3.57. The molecule has 0 aromatic heterocycles. The van der Waals surface area contributed by atoms with E-state index in [9.17, 15) is 0 Å². The monoisotopic (exact) mass is 231 g/mol. The Morgan fingerprint density at radius 3 is 2.65 bits per heavy atom. The lowest BCUT2D eigenvalue weighted by molar-refractivity contribution is 0.600. The molecule has 0 unspecified atom stereocenters. The van der Waals surface area contributed by atoms with Crippen molar-refractivity contribution in [3.05, 3.63) is 34.9 Å². The van der Waals surface area contributed by atoms with Crippen molar-refractivity contribution in [1.29, 1.82) is 0 Å². The van der Waals surface area contributed by atoms with Gasteiger partial charge in [0, 0.05) is 6.04 Å². The Balaban J connectivity index is 1.60. The number of hydrogen-bond acceptors (Lipinski definition) is 1. The van der Waals surface area contributed by atoms with Gasteiger partial charge in [0.05, 0.1) is 0 Å². The van der Waals surface area contributed by atoms with E-state index in [1.807, 2.05) is 0 Å². The van der Waals surface area contributed by atoms with Gasteiger partial charge >= 0.3 is 0 Å². The van der Waals surface area contributed by atoms with Crippen LogP contribution in [0.15, 0.2) is 18.2 Å². The topological polar surface area (TPSA) is 12.0 Å². The first-order chi connectivity index (χ1) is 8.25. The lowest BCUT2D eigenvalue weighted by Crippen LogP contribution is -2.17. The third kappa shape index (κ3) is 4.51. The summed E-state index contributed by atoms with van der Waals surface area (Å²) < 4.78 is 0. The van der Waals surface area contributed by atoms with E-state index in [0.29, 0.717) is 0 Å². The molecule has 1 aromatic carbocycles. The summed E-state index contributed by atoms with van der Waals surface area (Å²) in [6.45, 7) is 5.62. The zero-order valence-electron chi connectivity index (χ0n) is 11.3. The molecule has 0 saturated heterocycles. The Morgan fingerprint density at radius 1 is 1.12 bits per heavy atom. The van der Waals surface area contributed by atoms with E-state index in [1.165, 1.54) is 61.8 Å². The fraction of sp³-hybridized carbons (Fsp3) is 0.625. The molecule has 1 saturated carbocycles.